The Morgan fingerprint density at radius 3 is 2.36 bits per heavy atom. The van der Waals surface area contributed by atoms with Crippen LogP contribution in [0.5, 0.6) is 0 Å². The molecule has 0 bridgehead atoms. The fourth-order valence-electron chi connectivity index (χ4n) is 0.840. The van der Waals surface area contributed by atoms with Crippen LogP contribution in [-0.4, -0.2) is 52.8 Å². The summed E-state index contributed by atoms with van der Waals surface area (Å²) < 4.78 is 5.03. The van der Waals surface area contributed by atoms with Crippen LogP contribution >= 0.6 is 0 Å². The van der Waals surface area contributed by atoms with E-state index in [1.165, 1.54) is 13.8 Å². The molecule has 0 heterocycles. The molecule has 6 nitrogen and oxygen atoms in total. The summed E-state index contributed by atoms with van der Waals surface area (Å²) in [5.41, 5.74) is 0. The monoisotopic (exact) mass is 208 g/mol. The fourth-order valence-corrected chi connectivity index (χ4v) is 0.840. The molecule has 0 saturated heterocycles. The Hall–Kier alpha value is -0.530. The first kappa shape index (κ1) is 13.5. The minimum Gasteiger partial charge on any atom is -0.394 e. The van der Waals surface area contributed by atoms with Crippen LogP contribution in [0.1, 0.15) is 13.8 Å². The minimum atomic E-state index is -0.980. The fraction of sp³-hybridized carbons (Fsp3) is 0.875. The number of carbonyl (C=O) groups is 1. The van der Waals surface area contributed by atoms with E-state index in [0.29, 0.717) is 0 Å². The van der Waals surface area contributed by atoms with Crippen LogP contribution in [-0.2, 0) is 14.4 Å². The lowest BCUT2D eigenvalue weighted by atomic mass is 10.2. The molecule has 84 valence electrons. The van der Waals surface area contributed by atoms with Gasteiger partial charge in [0, 0.05) is 0 Å². The molecule has 0 spiro atoms. The summed E-state index contributed by atoms with van der Waals surface area (Å²) in [4.78, 5) is 14.7. The molecule has 0 aromatic heterocycles. The van der Waals surface area contributed by atoms with E-state index in [2.05, 4.69) is 4.89 Å². The molecule has 6 heteroatoms. The van der Waals surface area contributed by atoms with Crippen molar-refractivity contribution >= 4 is 5.78 Å². The first-order valence-corrected chi connectivity index (χ1v) is 4.24. The number of ketones is 1. The van der Waals surface area contributed by atoms with Gasteiger partial charge in [-0.25, -0.2) is 4.89 Å². The highest BCUT2D eigenvalue weighted by Gasteiger charge is 2.23. The topological polar surface area (TPSA) is 96.2 Å². The zero-order chi connectivity index (χ0) is 11.1. The molecule has 3 unspecified atom stereocenters. The number of rotatable bonds is 7. The first-order chi connectivity index (χ1) is 6.52. The van der Waals surface area contributed by atoms with Crippen molar-refractivity contribution in [3.63, 3.8) is 0 Å². The molecule has 3 N–H and O–H groups in total. The van der Waals surface area contributed by atoms with E-state index in [1.54, 1.807) is 0 Å². The van der Waals surface area contributed by atoms with Gasteiger partial charge in [-0.05, 0) is 13.8 Å². The van der Waals surface area contributed by atoms with Gasteiger partial charge in [-0.1, -0.05) is 0 Å². The van der Waals surface area contributed by atoms with Crippen molar-refractivity contribution < 1.29 is 29.9 Å². The second-order valence-corrected chi connectivity index (χ2v) is 2.99. The van der Waals surface area contributed by atoms with Crippen molar-refractivity contribution in [1.82, 2.24) is 0 Å². The molecule has 0 aliphatic heterocycles. The van der Waals surface area contributed by atoms with E-state index >= 15 is 0 Å². The van der Waals surface area contributed by atoms with Crippen molar-refractivity contribution in [1.29, 1.82) is 0 Å². The van der Waals surface area contributed by atoms with Gasteiger partial charge < -0.3 is 14.9 Å². The number of hydrogen-bond acceptors (Lipinski definition) is 6. The van der Waals surface area contributed by atoms with Crippen LogP contribution in [0.2, 0.25) is 0 Å². The van der Waals surface area contributed by atoms with Crippen LogP contribution in [0.15, 0.2) is 0 Å². The number of aliphatic hydroxyl groups excluding tert-OH is 2. The number of ether oxygens (including phenoxy) is 1. The van der Waals surface area contributed by atoms with Gasteiger partial charge in [0.15, 0.2) is 5.78 Å². The highest BCUT2D eigenvalue weighted by molar-refractivity contribution is 5.80. The zero-order valence-corrected chi connectivity index (χ0v) is 8.21. The first-order valence-electron chi connectivity index (χ1n) is 4.24. The molecule has 0 aliphatic rings. The smallest absolute Gasteiger partial charge is 0.161 e. The third-order valence-corrected chi connectivity index (χ3v) is 1.74. The van der Waals surface area contributed by atoms with Gasteiger partial charge in [0.1, 0.15) is 18.8 Å². The van der Waals surface area contributed by atoms with Gasteiger partial charge in [-0.15, -0.1) is 0 Å². The van der Waals surface area contributed by atoms with E-state index in [1.807, 2.05) is 0 Å². The zero-order valence-electron chi connectivity index (χ0n) is 8.21. The minimum absolute atomic E-state index is 0.321. The summed E-state index contributed by atoms with van der Waals surface area (Å²) in [6, 6.07) is 0. The maximum atomic E-state index is 10.9. The maximum absolute atomic E-state index is 10.9. The quantitative estimate of drug-likeness (QED) is 0.374. The lowest BCUT2D eigenvalue weighted by Gasteiger charge is -2.22. The van der Waals surface area contributed by atoms with Gasteiger partial charge >= 0.3 is 0 Å². The van der Waals surface area contributed by atoms with E-state index in [-0.39, 0.29) is 12.4 Å². The lowest BCUT2D eigenvalue weighted by molar-refractivity contribution is -0.263. The summed E-state index contributed by atoms with van der Waals surface area (Å²) in [5, 5.41) is 26.1. The maximum Gasteiger partial charge on any atom is 0.161 e. The molecule has 14 heavy (non-hydrogen) atoms. The lowest BCUT2D eigenvalue weighted by Crippen LogP contribution is -2.38. The van der Waals surface area contributed by atoms with E-state index in [4.69, 9.17) is 20.2 Å². The number of Topliss-reactive ketones (excluding diaryl/α,β-unsaturated/α-hetero) is 1. The van der Waals surface area contributed by atoms with Crippen molar-refractivity contribution in [3.05, 3.63) is 0 Å². The summed E-state index contributed by atoms with van der Waals surface area (Å²) >= 11 is 0. The van der Waals surface area contributed by atoms with Gasteiger partial charge in [-0.3, -0.25) is 10.1 Å². The number of aliphatic hydroxyl groups is 2. The summed E-state index contributed by atoms with van der Waals surface area (Å²) in [6.45, 7) is 1.96. The van der Waals surface area contributed by atoms with Crippen molar-refractivity contribution in [2.45, 2.75) is 32.2 Å². The van der Waals surface area contributed by atoms with Crippen LogP contribution in [0.4, 0.5) is 0 Å². The number of hydrogen-bond donors (Lipinski definition) is 3. The van der Waals surface area contributed by atoms with Crippen LogP contribution in [0.25, 0.3) is 0 Å². The predicted molar refractivity (Wildman–Crippen MR) is 46.7 cm³/mol. The third-order valence-electron chi connectivity index (χ3n) is 1.74. The third kappa shape index (κ3) is 4.64. The number of carbonyl (C=O) groups excluding carboxylic acids is 1. The van der Waals surface area contributed by atoms with Crippen LogP contribution < -0.4 is 0 Å². The molecule has 0 aliphatic carbocycles. The Bertz CT molecular complexity index is 169. The molecule has 0 fully saturated rings. The Morgan fingerprint density at radius 2 is 2.07 bits per heavy atom. The average molecular weight is 208 g/mol. The second kappa shape index (κ2) is 6.86. The second-order valence-electron chi connectivity index (χ2n) is 2.99. The molecule has 0 radical (unpaired) electrons. The Kier molecular flexibility index (Phi) is 6.60. The average Bonchev–Trinajstić information content (AvgIpc) is 2.11. The van der Waals surface area contributed by atoms with Crippen molar-refractivity contribution in [3.8, 4) is 0 Å². The predicted octanol–water partition coefficient (Wildman–Crippen LogP) is -0.808. The molecule has 0 aromatic rings. The van der Waals surface area contributed by atoms with Gasteiger partial charge in [0.25, 0.3) is 0 Å². The van der Waals surface area contributed by atoms with Crippen LogP contribution in [0.3, 0.4) is 0 Å². The van der Waals surface area contributed by atoms with Crippen molar-refractivity contribution in [2.75, 3.05) is 13.2 Å². The normalized spacial score (nSPS) is 17.5. The Balaban J connectivity index is 4.18. The van der Waals surface area contributed by atoms with Gasteiger partial charge in [-0.2, -0.15) is 0 Å². The molecule has 0 amide bonds. The van der Waals surface area contributed by atoms with E-state index < -0.39 is 24.9 Å². The molecule has 0 aromatic carbocycles. The van der Waals surface area contributed by atoms with Gasteiger partial charge in [0.2, 0.25) is 0 Å². The van der Waals surface area contributed by atoms with E-state index in [0.717, 1.165) is 0 Å². The van der Waals surface area contributed by atoms with E-state index in [9.17, 15) is 4.79 Å². The largest absolute Gasteiger partial charge is 0.394 e. The summed E-state index contributed by atoms with van der Waals surface area (Å²) in [7, 11) is 0. The Morgan fingerprint density at radius 1 is 1.50 bits per heavy atom. The molecule has 0 saturated carbocycles. The summed E-state index contributed by atoms with van der Waals surface area (Å²) in [5.74, 6) is -0.349. The van der Waals surface area contributed by atoms with Crippen LogP contribution in [0, 0.1) is 0 Å². The molecular formula is C8H16O6. The SMILES string of the molecule is CC(=O)C(COO)OC(CO)C(C)O. The standard InChI is InChI=1S/C8H16O6/c1-5(10)7(3-9)14-8(4-13-12)6(2)11/h5,7-10,12H,3-4H2,1-2H3. The molecule has 0 rings (SSSR count). The van der Waals surface area contributed by atoms with Crippen molar-refractivity contribution in [2.24, 2.45) is 0 Å². The summed E-state index contributed by atoms with van der Waals surface area (Å²) in [6.07, 6.45) is -2.74. The molecule has 3 atom stereocenters. The Labute approximate surface area is 82.0 Å². The molecular weight excluding hydrogens is 192 g/mol. The van der Waals surface area contributed by atoms with Gasteiger partial charge in [0.05, 0.1) is 12.7 Å². The highest BCUT2D eigenvalue weighted by Crippen LogP contribution is 2.04. The highest BCUT2D eigenvalue weighted by atomic mass is 17.1.